The molecule has 172 valence electrons. The highest BCUT2D eigenvalue weighted by Crippen LogP contribution is 2.18. The lowest BCUT2D eigenvalue weighted by Gasteiger charge is -2.12. The van der Waals surface area contributed by atoms with E-state index in [1.54, 1.807) is 72.8 Å². The molecule has 4 rings (SSSR count). The Morgan fingerprint density at radius 2 is 1.59 bits per heavy atom. The molecule has 4 aromatic rings. The summed E-state index contributed by atoms with van der Waals surface area (Å²) >= 11 is 0. The number of hydrogen-bond acceptors (Lipinski definition) is 5. The van der Waals surface area contributed by atoms with Gasteiger partial charge < -0.3 is 5.32 Å². The molecule has 2 N–H and O–H groups in total. The van der Waals surface area contributed by atoms with Crippen molar-refractivity contribution in [2.45, 2.75) is 5.75 Å². The molecule has 0 unspecified atom stereocenters. The van der Waals surface area contributed by atoms with Crippen LogP contribution in [0.2, 0.25) is 0 Å². The van der Waals surface area contributed by atoms with Crippen LogP contribution in [-0.2, 0) is 15.8 Å². The van der Waals surface area contributed by atoms with Gasteiger partial charge in [-0.15, -0.1) is 6.58 Å². The fourth-order valence-corrected chi connectivity index (χ4v) is 4.54. The Hall–Kier alpha value is -4.08. The van der Waals surface area contributed by atoms with Gasteiger partial charge in [-0.25, -0.2) is 13.1 Å². The van der Waals surface area contributed by atoms with E-state index in [2.05, 4.69) is 21.7 Å². The fraction of sp³-hybridized carbons (Fsp3) is 0.0800. The topological polar surface area (TPSA) is 110 Å². The lowest BCUT2D eigenvalue weighted by atomic mass is 10.1. The lowest BCUT2D eigenvalue weighted by Crippen LogP contribution is -2.26. The highest BCUT2D eigenvalue weighted by atomic mass is 32.2. The van der Waals surface area contributed by atoms with Crippen LogP contribution < -0.4 is 15.6 Å². The van der Waals surface area contributed by atoms with Crippen molar-refractivity contribution in [2.24, 2.45) is 0 Å². The van der Waals surface area contributed by atoms with Crippen LogP contribution >= 0.6 is 0 Å². The van der Waals surface area contributed by atoms with Crippen LogP contribution in [0.4, 0.5) is 5.69 Å². The monoisotopic (exact) mass is 474 g/mol. The summed E-state index contributed by atoms with van der Waals surface area (Å²) in [5.74, 6) is -0.683. The van der Waals surface area contributed by atoms with Gasteiger partial charge in [0.15, 0.2) is 5.69 Å². The third kappa shape index (κ3) is 5.11. The highest BCUT2D eigenvalue weighted by Gasteiger charge is 2.18. The summed E-state index contributed by atoms with van der Waals surface area (Å²) in [6.07, 6.45) is 1.47. The van der Waals surface area contributed by atoms with E-state index in [0.717, 1.165) is 0 Å². The number of benzene rings is 3. The number of para-hydroxylation sites is 1. The van der Waals surface area contributed by atoms with Gasteiger partial charge in [-0.3, -0.25) is 9.59 Å². The molecule has 8 nitrogen and oxygen atoms in total. The molecule has 9 heteroatoms. The van der Waals surface area contributed by atoms with Crippen molar-refractivity contribution in [3.8, 4) is 5.69 Å². The molecule has 0 radical (unpaired) electrons. The largest absolute Gasteiger partial charge is 0.321 e. The first-order chi connectivity index (χ1) is 16.4. The number of nitrogens with one attached hydrogen (secondary N) is 2. The molecule has 1 heterocycles. The Labute approximate surface area is 196 Å². The van der Waals surface area contributed by atoms with Gasteiger partial charge in [0.1, 0.15) is 0 Å². The van der Waals surface area contributed by atoms with E-state index in [4.69, 9.17) is 0 Å². The quantitative estimate of drug-likeness (QED) is 0.381. The lowest BCUT2D eigenvalue weighted by molar-refractivity contribution is 0.102. The number of rotatable bonds is 8. The molecule has 0 aliphatic rings. The van der Waals surface area contributed by atoms with Gasteiger partial charge in [0.25, 0.3) is 11.5 Å². The van der Waals surface area contributed by atoms with Gasteiger partial charge in [-0.05, 0) is 35.9 Å². The Kier molecular flexibility index (Phi) is 6.67. The van der Waals surface area contributed by atoms with Crippen molar-refractivity contribution in [2.75, 3.05) is 11.9 Å². The third-order valence-electron chi connectivity index (χ3n) is 5.04. The summed E-state index contributed by atoms with van der Waals surface area (Å²) < 4.78 is 27.7. The minimum Gasteiger partial charge on any atom is -0.321 e. The van der Waals surface area contributed by atoms with E-state index in [0.29, 0.717) is 27.7 Å². The molecule has 0 saturated heterocycles. The molecule has 0 aliphatic carbocycles. The molecule has 0 fully saturated rings. The Bertz CT molecular complexity index is 1510. The summed E-state index contributed by atoms with van der Waals surface area (Å²) in [6, 6.07) is 22.2. The first-order valence-electron chi connectivity index (χ1n) is 10.4. The molecule has 0 bridgehead atoms. The molecular formula is C25H22N4O4S. The standard InChI is InChI=1S/C25H22N4O4S/c1-2-16-26-34(32,33)17-18-12-14-19(15-13-18)27-24(30)23-21-10-6-7-11-22(21)25(31)29(28-23)20-8-4-3-5-9-20/h2-15,26H,1,16-17H2,(H,27,30). The maximum Gasteiger partial charge on any atom is 0.279 e. The average molecular weight is 475 g/mol. The van der Waals surface area contributed by atoms with Crippen molar-refractivity contribution in [3.63, 3.8) is 0 Å². The number of carbonyl (C=O) groups is 1. The second kappa shape index (κ2) is 9.82. The number of nitrogens with zero attached hydrogens (tertiary/aromatic N) is 2. The van der Waals surface area contributed by atoms with Crippen LogP contribution in [0, 0.1) is 0 Å². The maximum atomic E-state index is 13.2. The minimum atomic E-state index is -3.49. The summed E-state index contributed by atoms with van der Waals surface area (Å²) in [5.41, 5.74) is 1.35. The Balaban J connectivity index is 1.63. The van der Waals surface area contributed by atoms with Gasteiger partial charge in [0, 0.05) is 17.6 Å². The van der Waals surface area contributed by atoms with Gasteiger partial charge in [-0.1, -0.05) is 54.6 Å². The summed E-state index contributed by atoms with van der Waals surface area (Å²) in [7, 11) is -3.49. The van der Waals surface area contributed by atoms with Crippen molar-refractivity contribution in [1.82, 2.24) is 14.5 Å². The zero-order valence-electron chi connectivity index (χ0n) is 18.1. The second-order valence-electron chi connectivity index (χ2n) is 7.49. The number of aromatic nitrogens is 2. The summed E-state index contributed by atoms with van der Waals surface area (Å²) in [6.45, 7) is 3.65. The summed E-state index contributed by atoms with van der Waals surface area (Å²) in [4.78, 5) is 26.1. The van der Waals surface area contributed by atoms with E-state index in [1.807, 2.05) is 6.07 Å². The molecule has 1 amide bonds. The van der Waals surface area contributed by atoms with Crippen LogP contribution in [0.15, 0.2) is 96.3 Å². The number of fused-ring (bicyclic) bond motifs is 1. The molecular weight excluding hydrogens is 452 g/mol. The van der Waals surface area contributed by atoms with Crippen molar-refractivity contribution in [1.29, 1.82) is 0 Å². The van der Waals surface area contributed by atoms with E-state index in [9.17, 15) is 18.0 Å². The first-order valence-corrected chi connectivity index (χ1v) is 12.1. The molecule has 0 atom stereocenters. The van der Waals surface area contributed by atoms with Gasteiger partial charge >= 0.3 is 0 Å². The molecule has 0 aliphatic heterocycles. The van der Waals surface area contributed by atoms with Crippen LogP contribution in [0.5, 0.6) is 0 Å². The third-order valence-corrected chi connectivity index (χ3v) is 6.36. The van der Waals surface area contributed by atoms with Gasteiger partial charge in [0.2, 0.25) is 10.0 Å². The smallest absolute Gasteiger partial charge is 0.279 e. The number of hydrogen-bond donors (Lipinski definition) is 2. The molecule has 34 heavy (non-hydrogen) atoms. The number of anilines is 1. The fourth-order valence-electron chi connectivity index (χ4n) is 3.43. The predicted octanol–water partition coefficient (Wildman–Crippen LogP) is 3.24. The van der Waals surface area contributed by atoms with E-state index in [-0.39, 0.29) is 23.6 Å². The van der Waals surface area contributed by atoms with Crippen LogP contribution in [-0.4, -0.2) is 30.7 Å². The molecule has 1 aromatic heterocycles. The van der Waals surface area contributed by atoms with E-state index in [1.165, 1.54) is 10.8 Å². The maximum absolute atomic E-state index is 13.2. The van der Waals surface area contributed by atoms with Crippen LogP contribution in [0.1, 0.15) is 16.1 Å². The number of carbonyl (C=O) groups excluding carboxylic acids is 1. The highest BCUT2D eigenvalue weighted by molar-refractivity contribution is 7.88. The average Bonchev–Trinajstić information content (AvgIpc) is 2.85. The van der Waals surface area contributed by atoms with Crippen molar-refractivity contribution < 1.29 is 13.2 Å². The first kappa shape index (κ1) is 23.1. The molecule has 0 spiro atoms. The summed E-state index contributed by atoms with van der Waals surface area (Å²) in [5, 5.41) is 7.95. The minimum absolute atomic E-state index is 0.0966. The van der Waals surface area contributed by atoms with Crippen molar-refractivity contribution in [3.05, 3.63) is 113 Å². The Morgan fingerprint density at radius 1 is 0.941 bits per heavy atom. The zero-order chi connectivity index (χ0) is 24.1. The Morgan fingerprint density at radius 3 is 2.26 bits per heavy atom. The molecule has 3 aromatic carbocycles. The molecule has 0 saturated carbocycles. The van der Waals surface area contributed by atoms with Gasteiger partial charge in [-0.2, -0.15) is 9.78 Å². The zero-order valence-corrected chi connectivity index (χ0v) is 19.0. The number of sulfonamides is 1. The van der Waals surface area contributed by atoms with Crippen molar-refractivity contribution >= 4 is 32.4 Å². The SMILES string of the molecule is C=CCNS(=O)(=O)Cc1ccc(NC(=O)c2nn(-c3ccccc3)c(=O)c3ccccc23)cc1. The normalized spacial score (nSPS) is 11.3. The van der Waals surface area contributed by atoms with Crippen LogP contribution in [0.25, 0.3) is 16.5 Å². The number of amides is 1. The van der Waals surface area contributed by atoms with Crippen LogP contribution in [0.3, 0.4) is 0 Å². The van der Waals surface area contributed by atoms with E-state index >= 15 is 0 Å². The second-order valence-corrected chi connectivity index (χ2v) is 9.30. The van der Waals surface area contributed by atoms with E-state index < -0.39 is 15.9 Å². The predicted molar refractivity (Wildman–Crippen MR) is 133 cm³/mol. The van der Waals surface area contributed by atoms with Gasteiger partial charge in [0.05, 0.1) is 16.8 Å².